The van der Waals surface area contributed by atoms with Gasteiger partial charge in [-0.05, 0) is 13.3 Å². The molecule has 1 aromatic heterocycles. The number of H-pyrrole nitrogens is 1. The number of aromatic nitrogens is 2. The third-order valence-corrected chi connectivity index (χ3v) is 2.28. The molecule has 0 aromatic carbocycles. The molecule has 0 atom stereocenters. The lowest BCUT2D eigenvalue weighted by Crippen LogP contribution is -2.02. The van der Waals surface area contributed by atoms with E-state index in [1.54, 1.807) is 13.8 Å². The van der Waals surface area contributed by atoms with Crippen molar-refractivity contribution in [1.82, 2.24) is 9.97 Å². The maximum absolute atomic E-state index is 10.7. The van der Waals surface area contributed by atoms with Crippen molar-refractivity contribution in [2.75, 3.05) is 0 Å². The fourth-order valence-electron chi connectivity index (χ4n) is 0.973. The van der Waals surface area contributed by atoms with Crippen molar-refractivity contribution in [3.8, 4) is 0 Å². The Morgan fingerprint density at radius 1 is 1.58 bits per heavy atom. The summed E-state index contributed by atoms with van der Waals surface area (Å²) in [5, 5.41) is -0.262. The van der Waals surface area contributed by atoms with Gasteiger partial charge in [-0.2, -0.15) is 8.42 Å². The van der Waals surface area contributed by atoms with Crippen molar-refractivity contribution in [2.24, 2.45) is 0 Å². The molecule has 6 heteroatoms. The number of aromatic amines is 1. The number of nitrogens with one attached hydrogen (secondary N) is 1. The smallest absolute Gasteiger partial charge is 0.313 e. The van der Waals surface area contributed by atoms with Gasteiger partial charge in [-0.1, -0.05) is 6.92 Å². The third-order valence-electron chi connectivity index (χ3n) is 1.46. The summed E-state index contributed by atoms with van der Waals surface area (Å²) in [6.07, 6.45) is 0.496. The highest BCUT2D eigenvalue weighted by molar-refractivity contribution is 7.85. The van der Waals surface area contributed by atoms with Gasteiger partial charge in [0, 0.05) is 0 Å². The molecular weight excluding hydrogens is 180 g/mol. The van der Waals surface area contributed by atoms with Crippen LogP contribution in [0, 0.1) is 6.92 Å². The molecule has 0 saturated carbocycles. The van der Waals surface area contributed by atoms with Gasteiger partial charge in [0.15, 0.2) is 0 Å². The van der Waals surface area contributed by atoms with Crippen LogP contribution in [0.5, 0.6) is 0 Å². The molecule has 0 saturated heterocycles. The first kappa shape index (κ1) is 9.21. The van der Waals surface area contributed by atoms with Gasteiger partial charge < -0.3 is 4.98 Å². The molecule has 0 radical (unpaired) electrons. The Balaban J connectivity index is 3.33. The van der Waals surface area contributed by atoms with E-state index in [-0.39, 0.29) is 5.03 Å². The van der Waals surface area contributed by atoms with Crippen molar-refractivity contribution in [3.05, 3.63) is 11.5 Å². The zero-order valence-electron chi connectivity index (χ0n) is 6.83. The minimum Gasteiger partial charge on any atom is -0.345 e. The highest BCUT2D eigenvalue weighted by Gasteiger charge is 2.18. The van der Waals surface area contributed by atoms with E-state index in [4.69, 9.17) is 4.55 Å². The van der Waals surface area contributed by atoms with Gasteiger partial charge in [0.1, 0.15) is 5.82 Å². The Labute approximate surface area is 70.6 Å². The van der Waals surface area contributed by atoms with E-state index >= 15 is 0 Å². The average Bonchev–Trinajstić information content (AvgIpc) is 2.29. The summed E-state index contributed by atoms with van der Waals surface area (Å²) in [6, 6.07) is 0. The molecule has 0 fully saturated rings. The predicted octanol–water partition coefficient (Wildman–Crippen LogP) is 0.527. The molecule has 0 amide bonds. The lowest BCUT2D eigenvalue weighted by atomic mass is 10.4. The molecule has 1 rings (SSSR count). The minimum absolute atomic E-state index is 0.262. The molecule has 0 aliphatic heterocycles. The van der Waals surface area contributed by atoms with E-state index in [1.807, 2.05) is 0 Å². The number of hydrogen-bond acceptors (Lipinski definition) is 3. The lowest BCUT2D eigenvalue weighted by molar-refractivity contribution is 0.478. The van der Waals surface area contributed by atoms with E-state index in [9.17, 15) is 8.42 Å². The summed E-state index contributed by atoms with van der Waals surface area (Å²) >= 11 is 0. The second kappa shape index (κ2) is 2.87. The van der Waals surface area contributed by atoms with Gasteiger partial charge in [-0.3, -0.25) is 4.55 Å². The fourth-order valence-corrected chi connectivity index (χ4v) is 1.73. The van der Waals surface area contributed by atoms with E-state index < -0.39 is 10.1 Å². The second-order valence-electron chi connectivity index (χ2n) is 2.43. The van der Waals surface area contributed by atoms with Crippen LogP contribution in [0.25, 0.3) is 0 Å². The fraction of sp³-hybridized carbons (Fsp3) is 0.500. The Bertz CT molecular complexity index is 379. The molecule has 1 aromatic rings. The van der Waals surface area contributed by atoms with Gasteiger partial charge in [-0.25, -0.2) is 4.98 Å². The molecule has 5 nitrogen and oxygen atoms in total. The van der Waals surface area contributed by atoms with Gasteiger partial charge in [0.25, 0.3) is 0 Å². The van der Waals surface area contributed by atoms with Crippen LogP contribution in [0.15, 0.2) is 5.03 Å². The Morgan fingerprint density at radius 3 is 2.50 bits per heavy atom. The van der Waals surface area contributed by atoms with Gasteiger partial charge in [-0.15, -0.1) is 0 Å². The van der Waals surface area contributed by atoms with Crippen LogP contribution in [0.4, 0.5) is 0 Å². The normalized spacial score (nSPS) is 11.9. The average molecular weight is 190 g/mol. The van der Waals surface area contributed by atoms with Crippen molar-refractivity contribution in [3.63, 3.8) is 0 Å². The molecule has 0 aliphatic carbocycles. The second-order valence-corrected chi connectivity index (χ2v) is 3.77. The molecular formula is C6H10N2O3S. The topological polar surface area (TPSA) is 83.0 Å². The van der Waals surface area contributed by atoms with Crippen LogP contribution in [0.2, 0.25) is 0 Å². The van der Waals surface area contributed by atoms with Crippen LogP contribution in [-0.2, 0) is 16.5 Å². The maximum atomic E-state index is 10.7. The van der Waals surface area contributed by atoms with Crippen molar-refractivity contribution in [1.29, 1.82) is 0 Å². The van der Waals surface area contributed by atoms with Crippen LogP contribution in [-0.4, -0.2) is 22.9 Å². The minimum atomic E-state index is -4.17. The molecule has 0 bridgehead atoms. The van der Waals surface area contributed by atoms with Crippen molar-refractivity contribution >= 4 is 10.1 Å². The SMILES string of the molecule is CCc1[nH]c(C)nc1S(=O)(=O)O. The number of aryl methyl sites for hydroxylation is 2. The van der Waals surface area contributed by atoms with E-state index in [0.29, 0.717) is 17.9 Å². The molecule has 1 heterocycles. The first-order valence-corrected chi connectivity index (χ1v) is 4.92. The van der Waals surface area contributed by atoms with Crippen molar-refractivity contribution in [2.45, 2.75) is 25.3 Å². The molecule has 0 spiro atoms. The maximum Gasteiger partial charge on any atom is 0.313 e. The molecule has 2 N–H and O–H groups in total. The Hall–Kier alpha value is -0.880. The quantitative estimate of drug-likeness (QED) is 0.666. The van der Waals surface area contributed by atoms with Crippen LogP contribution in [0.1, 0.15) is 18.4 Å². The van der Waals surface area contributed by atoms with E-state index in [2.05, 4.69) is 9.97 Å². The van der Waals surface area contributed by atoms with Crippen LogP contribution >= 0.6 is 0 Å². The number of rotatable bonds is 2. The third kappa shape index (κ3) is 1.64. The zero-order chi connectivity index (χ0) is 9.35. The summed E-state index contributed by atoms with van der Waals surface area (Å²) in [4.78, 5) is 6.41. The van der Waals surface area contributed by atoms with Crippen LogP contribution in [0.3, 0.4) is 0 Å². The molecule has 68 valence electrons. The van der Waals surface area contributed by atoms with Gasteiger partial charge >= 0.3 is 10.1 Å². The Kier molecular flexibility index (Phi) is 2.20. The highest BCUT2D eigenvalue weighted by Crippen LogP contribution is 2.12. The molecule has 12 heavy (non-hydrogen) atoms. The molecule has 0 aliphatic rings. The largest absolute Gasteiger partial charge is 0.345 e. The summed E-state index contributed by atoms with van der Waals surface area (Å²) < 4.78 is 30.1. The number of hydrogen-bond donors (Lipinski definition) is 2. The Morgan fingerprint density at radius 2 is 2.17 bits per heavy atom. The summed E-state index contributed by atoms with van der Waals surface area (Å²) in [7, 11) is -4.17. The van der Waals surface area contributed by atoms with Gasteiger partial charge in [0.05, 0.1) is 5.69 Å². The predicted molar refractivity (Wildman–Crippen MR) is 42.5 cm³/mol. The number of nitrogens with zero attached hydrogens (tertiary/aromatic N) is 1. The summed E-state index contributed by atoms with van der Waals surface area (Å²) in [5.74, 6) is 0.486. The van der Waals surface area contributed by atoms with Crippen LogP contribution < -0.4 is 0 Å². The monoisotopic (exact) mass is 190 g/mol. The van der Waals surface area contributed by atoms with Crippen molar-refractivity contribution < 1.29 is 13.0 Å². The van der Waals surface area contributed by atoms with E-state index in [0.717, 1.165) is 0 Å². The summed E-state index contributed by atoms with van der Waals surface area (Å²) in [6.45, 7) is 3.41. The lowest BCUT2D eigenvalue weighted by Gasteiger charge is -1.93. The first-order chi connectivity index (χ1) is 5.45. The summed E-state index contributed by atoms with van der Waals surface area (Å²) in [5.41, 5.74) is 0.440. The van der Waals surface area contributed by atoms with Gasteiger partial charge in [0.2, 0.25) is 5.03 Å². The van der Waals surface area contributed by atoms with E-state index in [1.165, 1.54) is 0 Å². The zero-order valence-corrected chi connectivity index (χ0v) is 7.64. The highest BCUT2D eigenvalue weighted by atomic mass is 32.2. The molecule has 0 unspecified atom stereocenters. The first-order valence-electron chi connectivity index (χ1n) is 3.48. The standard InChI is InChI=1S/C6H10N2O3S/c1-3-5-6(12(9,10)11)8-4(2)7-5/h3H2,1-2H3,(H,7,8)(H,9,10,11). The number of imidazole rings is 1.